The van der Waals surface area contributed by atoms with Crippen molar-refractivity contribution < 1.29 is 9.53 Å². The Labute approximate surface area is 177 Å². The van der Waals surface area contributed by atoms with Crippen LogP contribution in [0, 0.1) is 0 Å². The monoisotopic (exact) mass is 438 g/mol. The molecule has 6 nitrogen and oxygen atoms in total. The lowest BCUT2D eigenvalue weighted by Gasteiger charge is -2.18. The largest absolute Gasteiger partial charge is 0.406 e. The average Bonchev–Trinajstić information content (AvgIpc) is 3.22. The summed E-state index contributed by atoms with van der Waals surface area (Å²) in [5, 5.41) is 1.46. The highest BCUT2D eigenvalue weighted by Gasteiger charge is 2.23. The van der Waals surface area contributed by atoms with Gasteiger partial charge < -0.3 is 15.0 Å². The molecule has 0 saturated carbocycles. The van der Waals surface area contributed by atoms with Crippen LogP contribution in [-0.4, -0.2) is 38.6 Å². The van der Waals surface area contributed by atoms with Crippen LogP contribution in [-0.2, 0) is 11.2 Å². The molecule has 0 saturated heterocycles. The van der Waals surface area contributed by atoms with Crippen LogP contribution >= 0.6 is 35.0 Å². The van der Waals surface area contributed by atoms with Gasteiger partial charge in [-0.1, -0.05) is 30.1 Å². The van der Waals surface area contributed by atoms with Crippen molar-refractivity contribution >= 4 is 51.8 Å². The maximum Gasteiger partial charge on any atom is 0.329 e. The fraction of sp³-hybridized carbons (Fsp3) is 0.316. The van der Waals surface area contributed by atoms with Crippen LogP contribution < -0.4 is 10.5 Å². The van der Waals surface area contributed by atoms with Crippen molar-refractivity contribution in [3.8, 4) is 11.6 Å². The van der Waals surface area contributed by atoms with E-state index >= 15 is 0 Å². The summed E-state index contributed by atoms with van der Waals surface area (Å²) in [5.74, 6) is 0.432. The number of thioether (sulfide) groups is 1. The standard InChI is InChI=1S/C19H20Cl2N4O2S/c1-3-11-17(25-8-7-23-10-25)12-4-5-13(20)15(21)16(12)24-18(11)27-19(26)14(22)6-9-28-2/h4-5,7-8,10,14H,3,6,9,22H2,1-2H3/t14-/m0/s1. The summed E-state index contributed by atoms with van der Waals surface area (Å²) in [7, 11) is 0. The van der Waals surface area contributed by atoms with Gasteiger partial charge in [-0.3, -0.25) is 0 Å². The zero-order valence-electron chi connectivity index (χ0n) is 15.5. The number of carbonyl (C=O) groups is 1. The highest BCUT2D eigenvalue weighted by atomic mass is 35.5. The van der Waals surface area contributed by atoms with Gasteiger partial charge in [0.05, 0.1) is 27.6 Å². The van der Waals surface area contributed by atoms with E-state index in [9.17, 15) is 4.79 Å². The summed E-state index contributed by atoms with van der Waals surface area (Å²) < 4.78 is 7.46. The Balaban J connectivity index is 2.17. The number of fused-ring (bicyclic) bond motifs is 1. The van der Waals surface area contributed by atoms with Crippen LogP contribution in [0.25, 0.3) is 16.6 Å². The van der Waals surface area contributed by atoms with E-state index in [4.69, 9.17) is 33.7 Å². The SMILES string of the molecule is CCc1c(OC(=O)[C@@H](N)CCSC)nc2c(Cl)c(Cl)ccc2c1-n1ccnc1. The summed E-state index contributed by atoms with van der Waals surface area (Å²) in [6.07, 6.45) is 8.22. The molecule has 28 heavy (non-hydrogen) atoms. The number of halogens is 2. The number of hydrogen-bond acceptors (Lipinski definition) is 6. The van der Waals surface area contributed by atoms with Gasteiger partial charge in [-0.15, -0.1) is 0 Å². The third-order valence-corrected chi connectivity index (χ3v) is 5.77. The van der Waals surface area contributed by atoms with Crippen LogP contribution in [0.3, 0.4) is 0 Å². The number of imidazole rings is 1. The first-order chi connectivity index (χ1) is 13.5. The maximum absolute atomic E-state index is 12.5. The van der Waals surface area contributed by atoms with E-state index in [1.54, 1.807) is 30.4 Å². The second-order valence-corrected chi connectivity index (χ2v) is 7.90. The number of nitrogens with zero attached hydrogens (tertiary/aromatic N) is 3. The fourth-order valence-corrected chi connectivity index (χ4v) is 3.75. The molecule has 9 heteroatoms. The van der Waals surface area contributed by atoms with Gasteiger partial charge in [0.1, 0.15) is 6.04 Å². The normalized spacial score (nSPS) is 12.3. The Morgan fingerprint density at radius 1 is 1.39 bits per heavy atom. The minimum Gasteiger partial charge on any atom is -0.406 e. The molecule has 0 bridgehead atoms. The molecule has 0 aliphatic carbocycles. The smallest absolute Gasteiger partial charge is 0.329 e. The Hall–Kier alpha value is -1.80. The van der Waals surface area contributed by atoms with Crippen molar-refractivity contribution in [1.82, 2.24) is 14.5 Å². The molecule has 2 aromatic heterocycles. The van der Waals surface area contributed by atoms with Gasteiger partial charge in [0.25, 0.3) is 0 Å². The summed E-state index contributed by atoms with van der Waals surface area (Å²) in [4.78, 5) is 21.1. The van der Waals surface area contributed by atoms with Crippen molar-refractivity contribution in [1.29, 1.82) is 0 Å². The number of nitrogens with two attached hydrogens (primary N) is 1. The fourth-order valence-electron chi connectivity index (χ4n) is 2.90. The minimum absolute atomic E-state index is 0.187. The third-order valence-electron chi connectivity index (χ3n) is 4.33. The average molecular weight is 439 g/mol. The van der Waals surface area contributed by atoms with Crippen molar-refractivity contribution in [3.63, 3.8) is 0 Å². The van der Waals surface area contributed by atoms with Crippen LogP contribution in [0.2, 0.25) is 10.0 Å². The van der Waals surface area contributed by atoms with Crippen molar-refractivity contribution in [2.75, 3.05) is 12.0 Å². The zero-order chi connectivity index (χ0) is 20.3. The Morgan fingerprint density at radius 3 is 2.82 bits per heavy atom. The van der Waals surface area contributed by atoms with E-state index in [1.807, 2.05) is 30.0 Å². The molecule has 1 aromatic carbocycles. The molecule has 1 atom stereocenters. The number of aromatic nitrogens is 3. The van der Waals surface area contributed by atoms with Crippen LogP contribution in [0.5, 0.6) is 5.88 Å². The highest BCUT2D eigenvalue weighted by Crippen LogP contribution is 2.37. The summed E-state index contributed by atoms with van der Waals surface area (Å²) in [6.45, 7) is 1.96. The van der Waals surface area contributed by atoms with Gasteiger partial charge in [-0.05, 0) is 37.0 Å². The molecule has 0 fully saturated rings. The molecular weight excluding hydrogens is 419 g/mol. The van der Waals surface area contributed by atoms with Crippen molar-refractivity contribution in [3.05, 3.63) is 46.5 Å². The van der Waals surface area contributed by atoms with E-state index in [1.165, 1.54) is 0 Å². The Kier molecular flexibility index (Phi) is 6.82. The van der Waals surface area contributed by atoms with Crippen molar-refractivity contribution in [2.45, 2.75) is 25.8 Å². The second-order valence-electron chi connectivity index (χ2n) is 6.13. The summed E-state index contributed by atoms with van der Waals surface area (Å²) in [6, 6.07) is 2.85. The Bertz CT molecular complexity index is 996. The van der Waals surface area contributed by atoms with E-state index in [-0.39, 0.29) is 5.88 Å². The van der Waals surface area contributed by atoms with E-state index in [0.29, 0.717) is 28.4 Å². The zero-order valence-corrected chi connectivity index (χ0v) is 17.8. The number of benzene rings is 1. The van der Waals surface area contributed by atoms with Gasteiger partial charge >= 0.3 is 5.97 Å². The summed E-state index contributed by atoms with van der Waals surface area (Å²) >= 11 is 14.2. The lowest BCUT2D eigenvalue weighted by Crippen LogP contribution is -2.35. The molecule has 0 spiro atoms. The summed E-state index contributed by atoms with van der Waals surface area (Å²) in [5.41, 5.74) is 7.97. The first-order valence-corrected chi connectivity index (χ1v) is 10.9. The van der Waals surface area contributed by atoms with Gasteiger partial charge in [0.2, 0.25) is 5.88 Å². The van der Waals surface area contributed by atoms with E-state index < -0.39 is 12.0 Å². The number of ether oxygens (including phenoxy) is 1. The molecule has 0 unspecified atom stereocenters. The van der Waals surface area contributed by atoms with E-state index in [2.05, 4.69) is 9.97 Å². The molecule has 0 aliphatic heterocycles. The Morgan fingerprint density at radius 2 is 2.18 bits per heavy atom. The number of hydrogen-bond donors (Lipinski definition) is 1. The van der Waals surface area contributed by atoms with Crippen molar-refractivity contribution in [2.24, 2.45) is 5.73 Å². The molecule has 148 valence electrons. The molecule has 0 radical (unpaired) electrons. The number of carbonyl (C=O) groups excluding carboxylic acids is 1. The number of esters is 1. The topological polar surface area (TPSA) is 83.0 Å². The van der Waals surface area contributed by atoms with Gasteiger partial charge in [0, 0.05) is 23.3 Å². The lowest BCUT2D eigenvalue weighted by molar-refractivity contribution is -0.136. The first kappa shape index (κ1) is 20.9. The molecule has 0 aliphatic rings. The predicted molar refractivity (Wildman–Crippen MR) is 115 cm³/mol. The highest BCUT2D eigenvalue weighted by molar-refractivity contribution is 7.98. The molecule has 3 rings (SSSR count). The maximum atomic E-state index is 12.5. The molecule has 2 N–H and O–H groups in total. The van der Waals surface area contributed by atoms with Gasteiger partial charge in [-0.25, -0.2) is 14.8 Å². The quantitative estimate of drug-likeness (QED) is 0.554. The molecule has 3 aromatic rings. The van der Waals surface area contributed by atoms with Crippen LogP contribution in [0.15, 0.2) is 30.9 Å². The molecule has 2 heterocycles. The van der Waals surface area contributed by atoms with Gasteiger partial charge in [0.15, 0.2) is 0 Å². The first-order valence-electron chi connectivity index (χ1n) is 8.73. The van der Waals surface area contributed by atoms with Crippen LogP contribution in [0.4, 0.5) is 0 Å². The second kappa shape index (κ2) is 9.13. The number of pyridine rings is 1. The third kappa shape index (κ3) is 4.12. The van der Waals surface area contributed by atoms with Gasteiger partial charge in [-0.2, -0.15) is 11.8 Å². The minimum atomic E-state index is -0.721. The molecular formula is C19H20Cl2N4O2S. The molecule has 0 amide bonds. The lowest BCUT2D eigenvalue weighted by atomic mass is 10.1. The van der Waals surface area contributed by atoms with E-state index in [0.717, 1.165) is 22.4 Å². The van der Waals surface area contributed by atoms with Crippen LogP contribution in [0.1, 0.15) is 18.9 Å². The predicted octanol–water partition coefficient (Wildman–Crippen LogP) is 4.28. The number of rotatable bonds is 7.